The molecule has 0 bridgehead atoms. The third-order valence-corrected chi connectivity index (χ3v) is 1.85. The molecule has 18 heavy (non-hydrogen) atoms. The minimum Gasteiger partial charge on any atom is -0.381 e. The number of allylic oxidation sites excluding steroid dienone is 1. The fraction of sp³-hybridized carbons (Fsp3) is 0.300. The molecular weight excluding hydrogens is 249 g/mol. The van der Waals surface area contributed by atoms with Gasteiger partial charge in [0.1, 0.15) is 18.1 Å². The first kappa shape index (κ1) is 13.8. The maximum absolute atomic E-state index is 12.3. The van der Waals surface area contributed by atoms with Gasteiger partial charge >= 0.3 is 6.18 Å². The third-order valence-electron chi connectivity index (χ3n) is 1.85. The van der Waals surface area contributed by atoms with Gasteiger partial charge in [0.05, 0.1) is 0 Å². The van der Waals surface area contributed by atoms with E-state index in [1.807, 2.05) is 0 Å². The SMILES string of the molecule is CN(C)C=C(C#N)n1cnc(C(F)(F)F)cc1=O. The highest BCUT2D eigenvalue weighted by molar-refractivity contribution is 5.59. The van der Waals surface area contributed by atoms with Crippen molar-refractivity contribution in [2.75, 3.05) is 14.1 Å². The van der Waals surface area contributed by atoms with Gasteiger partial charge in [-0.25, -0.2) is 4.98 Å². The van der Waals surface area contributed by atoms with Crippen LogP contribution in [-0.2, 0) is 6.18 Å². The van der Waals surface area contributed by atoms with E-state index in [1.54, 1.807) is 20.2 Å². The van der Waals surface area contributed by atoms with Gasteiger partial charge in [0.2, 0.25) is 0 Å². The van der Waals surface area contributed by atoms with Gasteiger partial charge in [-0.2, -0.15) is 18.4 Å². The summed E-state index contributed by atoms with van der Waals surface area (Å²) in [7, 11) is 3.22. The smallest absolute Gasteiger partial charge is 0.381 e. The molecule has 1 aromatic heterocycles. The normalized spacial score (nSPS) is 12.1. The average Bonchev–Trinajstić information content (AvgIpc) is 2.24. The molecule has 0 aromatic carbocycles. The lowest BCUT2D eigenvalue weighted by atomic mass is 10.4. The van der Waals surface area contributed by atoms with E-state index in [2.05, 4.69) is 4.98 Å². The Labute approximate surface area is 100 Å². The van der Waals surface area contributed by atoms with E-state index in [4.69, 9.17) is 5.26 Å². The Morgan fingerprint density at radius 3 is 2.56 bits per heavy atom. The van der Waals surface area contributed by atoms with Crippen LogP contribution >= 0.6 is 0 Å². The molecule has 8 heteroatoms. The molecule has 0 saturated carbocycles. The molecule has 0 saturated heterocycles. The second-order valence-electron chi connectivity index (χ2n) is 3.57. The Morgan fingerprint density at radius 1 is 1.56 bits per heavy atom. The quantitative estimate of drug-likeness (QED) is 0.746. The molecule has 0 fully saturated rings. The lowest BCUT2D eigenvalue weighted by Gasteiger charge is -2.09. The molecule has 1 rings (SSSR count). The largest absolute Gasteiger partial charge is 0.433 e. The van der Waals surface area contributed by atoms with Crippen LogP contribution in [0.3, 0.4) is 0 Å². The minimum absolute atomic E-state index is 0.119. The van der Waals surface area contributed by atoms with Gasteiger partial charge in [-0.1, -0.05) is 0 Å². The summed E-state index contributed by atoms with van der Waals surface area (Å²) in [5, 5.41) is 8.83. The first-order valence-electron chi connectivity index (χ1n) is 4.70. The lowest BCUT2D eigenvalue weighted by molar-refractivity contribution is -0.141. The van der Waals surface area contributed by atoms with Crippen molar-refractivity contribution >= 4 is 5.70 Å². The van der Waals surface area contributed by atoms with Gasteiger partial charge in [0.15, 0.2) is 5.69 Å². The van der Waals surface area contributed by atoms with E-state index >= 15 is 0 Å². The fourth-order valence-corrected chi connectivity index (χ4v) is 1.13. The Balaban J connectivity index is 3.31. The number of nitrogens with zero attached hydrogens (tertiary/aromatic N) is 4. The van der Waals surface area contributed by atoms with E-state index in [0.29, 0.717) is 12.4 Å². The van der Waals surface area contributed by atoms with Crippen LogP contribution in [0.15, 0.2) is 23.4 Å². The number of aromatic nitrogens is 2. The van der Waals surface area contributed by atoms with E-state index in [0.717, 1.165) is 4.57 Å². The number of hydrogen-bond acceptors (Lipinski definition) is 4. The maximum Gasteiger partial charge on any atom is 0.433 e. The summed E-state index contributed by atoms with van der Waals surface area (Å²) in [5.74, 6) is 0. The first-order valence-corrected chi connectivity index (χ1v) is 4.70. The fourth-order valence-electron chi connectivity index (χ4n) is 1.13. The van der Waals surface area contributed by atoms with Crippen LogP contribution in [0.2, 0.25) is 0 Å². The van der Waals surface area contributed by atoms with E-state index in [-0.39, 0.29) is 5.70 Å². The summed E-state index contributed by atoms with van der Waals surface area (Å²) >= 11 is 0. The van der Waals surface area contributed by atoms with Crippen LogP contribution in [0, 0.1) is 11.3 Å². The van der Waals surface area contributed by atoms with Crippen LogP contribution in [0.5, 0.6) is 0 Å². The Morgan fingerprint density at radius 2 is 2.17 bits per heavy atom. The Hall–Kier alpha value is -2.30. The highest BCUT2D eigenvalue weighted by atomic mass is 19.4. The first-order chi connectivity index (χ1) is 8.25. The molecule has 0 radical (unpaired) electrons. The standard InChI is InChI=1S/C10H9F3N4O/c1-16(2)5-7(4-14)17-6-15-8(3-9(17)18)10(11,12)13/h3,5-6H,1-2H3. The molecule has 0 aliphatic carbocycles. The maximum atomic E-state index is 12.3. The zero-order chi connectivity index (χ0) is 13.9. The van der Waals surface area contributed by atoms with Crippen molar-refractivity contribution < 1.29 is 13.2 Å². The molecule has 0 unspecified atom stereocenters. The van der Waals surface area contributed by atoms with E-state index in [1.165, 1.54) is 11.1 Å². The predicted octanol–water partition coefficient (Wildman–Crippen LogP) is 1.15. The van der Waals surface area contributed by atoms with Crippen LogP contribution in [0.25, 0.3) is 5.70 Å². The van der Waals surface area contributed by atoms with E-state index < -0.39 is 17.4 Å². The zero-order valence-electron chi connectivity index (χ0n) is 9.56. The monoisotopic (exact) mass is 258 g/mol. The van der Waals surface area contributed by atoms with Crippen LogP contribution in [-0.4, -0.2) is 28.5 Å². The molecule has 1 aromatic rings. The molecule has 96 valence electrons. The molecule has 0 atom stereocenters. The minimum atomic E-state index is -4.68. The molecule has 0 N–H and O–H groups in total. The number of hydrogen-bond donors (Lipinski definition) is 0. The van der Waals surface area contributed by atoms with Crippen LogP contribution < -0.4 is 5.56 Å². The highest BCUT2D eigenvalue weighted by Gasteiger charge is 2.33. The Bertz CT molecular complexity index is 566. The third kappa shape index (κ3) is 3.10. The highest BCUT2D eigenvalue weighted by Crippen LogP contribution is 2.26. The summed E-state index contributed by atoms with van der Waals surface area (Å²) in [6, 6.07) is 2.06. The van der Waals surface area contributed by atoms with Gasteiger partial charge < -0.3 is 4.90 Å². The van der Waals surface area contributed by atoms with Gasteiger partial charge in [-0.3, -0.25) is 9.36 Å². The van der Waals surface area contributed by atoms with Gasteiger partial charge in [0, 0.05) is 26.4 Å². The van der Waals surface area contributed by atoms with Crippen molar-refractivity contribution in [3.63, 3.8) is 0 Å². The van der Waals surface area contributed by atoms with Crippen LogP contribution in [0.1, 0.15) is 5.69 Å². The summed E-state index contributed by atoms with van der Waals surface area (Å²) < 4.78 is 37.6. The average molecular weight is 258 g/mol. The van der Waals surface area contributed by atoms with Crippen molar-refractivity contribution in [1.29, 1.82) is 5.26 Å². The lowest BCUT2D eigenvalue weighted by Crippen LogP contribution is -2.23. The van der Waals surface area contributed by atoms with Gasteiger partial charge in [-0.15, -0.1) is 0 Å². The number of rotatable bonds is 2. The second-order valence-corrected chi connectivity index (χ2v) is 3.57. The van der Waals surface area contributed by atoms with Gasteiger partial charge in [0.25, 0.3) is 5.56 Å². The van der Waals surface area contributed by atoms with Crippen molar-refractivity contribution in [2.24, 2.45) is 0 Å². The predicted molar refractivity (Wildman–Crippen MR) is 57.1 cm³/mol. The van der Waals surface area contributed by atoms with Crippen molar-refractivity contribution in [2.45, 2.75) is 6.18 Å². The van der Waals surface area contributed by atoms with Crippen LogP contribution in [0.4, 0.5) is 13.2 Å². The number of nitriles is 1. The second kappa shape index (κ2) is 4.91. The number of halogens is 3. The zero-order valence-corrected chi connectivity index (χ0v) is 9.56. The topological polar surface area (TPSA) is 61.9 Å². The molecule has 0 aliphatic heterocycles. The number of alkyl halides is 3. The van der Waals surface area contributed by atoms with Crippen molar-refractivity contribution in [3.8, 4) is 6.07 Å². The Kier molecular flexibility index (Phi) is 3.76. The summed E-state index contributed by atoms with van der Waals surface area (Å²) in [4.78, 5) is 16.1. The molecule has 5 nitrogen and oxygen atoms in total. The molecule has 1 heterocycles. The van der Waals surface area contributed by atoms with Crippen molar-refractivity contribution in [3.05, 3.63) is 34.6 Å². The molecule has 0 spiro atoms. The van der Waals surface area contributed by atoms with Crippen molar-refractivity contribution in [1.82, 2.24) is 14.5 Å². The summed E-state index contributed by atoms with van der Waals surface area (Å²) in [6.45, 7) is 0. The molecular formula is C10H9F3N4O. The van der Waals surface area contributed by atoms with E-state index in [9.17, 15) is 18.0 Å². The molecule has 0 aliphatic rings. The van der Waals surface area contributed by atoms with Gasteiger partial charge in [-0.05, 0) is 0 Å². The summed E-state index contributed by atoms with van der Waals surface area (Å²) in [5.41, 5.74) is -2.37. The molecule has 0 amide bonds. The summed E-state index contributed by atoms with van der Waals surface area (Å²) in [6.07, 6.45) is -2.70.